The van der Waals surface area contributed by atoms with Crippen LogP contribution in [-0.2, 0) is 4.74 Å². The van der Waals surface area contributed by atoms with E-state index in [1.54, 1.807) is 37.6 Å². The molecule has 0 bridgehead atoms. The number of rotatable bonds is 11. The number of hydrogen-bond acceptors (Lipinski definition) is 3. The number of esters is 1. The van der Waals surface area contributed by atoms with Crippen molar-refractivity contribution in [3.8, 4) is 5.75 Å². The third kappa shape index (κ3) is 8.44. The molecule has 0 aliphatic carbocycles. The van der Waals surface area contributed by atoms with Crippen LogP contribution in [0.1, 0.15) is 75.6 Å². The van der Waals surface area contributed by atoms with Crippen molar-refractivity contribution >= 4 is 5.97 Å². The summed E-state index contributed by atoms with van der Waals surface area (Å²) in [5.74, 6) is 0.402. The van der Waals surface area contributed by atoms with Crippen molar-refractivity contribution in [2.75, 3.05) is 7.11 Å². The Morgan fingerprint density at radius 3 is 2.22 bits per heavy atom. The molecule has 0 spiro atoms. The van der Waals surface area contributed by atoms with Crippen LogP contribution in [0, 0.1) is 0 Å². The Hall–Kier alpha value is -1.77. The standard InChI is InChI=1S/C20H30O3/c1-4-5-6-7-8-9-10-11-17(2)16-23-20(21)18-12-14-19(22-3)15-13-18/h12-16H,4-11H2,1-3H3. The van der Waals surface area contributed by atoms with Gasteiger partial charge in [0.25, 0.3) is 0 Å². The molecular weight excluding hydrogens is 288 g/mol. The van der Waals surface area contributed by atoms with Gasteiger partial charge in [0.1, 0.15) is 5.75 Å². The van der Waals surface area contributed by atoms with Gasteiger partial charge < -0.3 is 9.47 Å². The van der Waals surface area contributed by atoms with Crippen molar-refractivity contribution in [2.24, 2.45) is 0 Å². The van der Waals surface area contributed by atoms with Crippen molar-refractivity contribution in [2.45, 2.75) is 65.2 Å². The van der Waals surface area contributed by atoms with Gasteiger partial charge in [-0.05, 0) is 49.6 Å². The molecule has 0 heterocycles. The summed E-state index contributed by atoms with van der Waals surface area (Å²) in [4.78, 5) is 11.9. The molecule has 0 N–H and O–H groups in total. The highest BCUT2D eigenvalue weighted by Crippen LogP contribution is 2.14. The molecule has 0 aliphatic rings. The second kappa shape index (κ2) is 11.8. The van der Waals surface area contributed by atoms with Crippen molar-refractivity contribution < 1.29 is 14.3 Å². The third-order valence-electron chi connectivity index (χ3n) is 3.87. The van der Waals surface area contributed by atoms with E-state index in [0.717, 1.165) is 24.2 Å². The first-order valence-corrected chi connectivity index (χ1v) is 8.68. The molecular formula is C20H30O3. The van der Waals surface area contributed by atoms with E-state index in [9.17, 15) is 4.79 Å². The van der Waals surface area contributed by atoms with Crippen LogP contribution >= 0.6 is 0 Å². The van der Waals surface area contributed by atoms with Crippen LogP contribution in [0.3, 0.4) is 0 Å². The zero-order valence-electron chi connectivity index (χ0n) is 14.8. The molecule has 0 amide bonds. The van der Waals surface area contributed by atoms with Gasteiger partial charge in [0.15, 0.2) is 0 Å². The molecule has 0 aliphatic heterocycles. The molecule has 3 nitrogen and oxygen atoms in total. The van der Waals surface area contributed by atoms with Crippen molar-refractivity contribution in [1.29, 1.82) is 0 Å². The number of ether oxygens (including phenoxy) is 2. The maximum absolute atomic E-state index is 11.9. The molecule has 0 unspecified atom stereocenters. The van der Waals surface area contributed by atoms with Gasteiger partial charge in [-0.15, -0.1) is 0 Å². The zero-order valence-corrected chi connectivity index (χ0v) is 14.8. The van der Waals surface area contributed by atoms with E-state index in [2.05, 4.69) is 6.92 Å². The quantitative estimate of drug-likeness (QED) is 0.289. The summed E-state index contributed by atoms with van der Waals surface area (Å²) in [5, 5.41) is 0. The molecule has 3 heteroatoms. The summed E-state index contributed by atoms with van der Waals surface area (Å²) in [5.41, 5.74) is 1.64. The number of hydrogen-bond donors (Lipinski definition) is 0. The van der Waals surface area contributed by atoms with Gasteiger partial charge in [0, 0.05) is 0 Å². The fraction of sp³-hybridized carbons (Fsp3) is 0.550. The molecule has 1 rings (SSSR count). The summed E-state index contributed by atoms with van der Waals surface area (Å²) in [6, 6.07) is 6.93. The molecule has 0 fully saturated rings. The lowest BCUT2D eigenvalue weighted by atomic mass is 10.1. The Morgan fingerprint density at radius 2 is 1.61 bits per heavy atom. The van der Waals surface area contributed by atoms with Crippen LogP contribution in [0.2, 0.25) is 0 Å². The average molecular weight is 318 g/mol. The van der Waals surface area contributed by atoms with Crippen LogP contribution in [0.5, 0.6) is 5.75 Å². The molecule has 128 valence electrons. The lowest BCUT2D eigenvalue weighted by molar-refractivity contribution is 0.0660. The second-order valence-corrected chi connectivity index (χ2v) is 5.97. The maximum atomic E-state index is 11.9. The summed E-state index contributed by atoms with van der Waals surface area (Å²) in [7, 11) is 1.60. The Bertz CT molecular complexity index is 474. The maximum Gasteiger partial charge on any atom is 0.342 e. The lowest BCUT2D eigenvalue weighted by Crippen LogP contribution is -2.01. The minimum absolute atomic E-state index is 0.327. The third-order valence-corrected chi connectivity index (χ3v) is 3.87. The predicted octanol–water partition coefficient (Wildman–Crippen LogP) is 5.90. The van der Waals surface area contributed by atoms with Crippen LogP contribution in [-0.4, -0.2) is 13.1 Å². The van der Waals surface area contributed by atoms with E-state index < -0.39 is 0 Å². The predicted molar refractivity (Wildman–Crippen MR) is 94.8 cm³/mol. The Balaban J connectivity index is 2.22. The highest BCUT2D eigenvalue weighted by molar-refractivity contribution is 5.89. The fourth-order valence-corrected chi connectivity index (χ4v) is 2.37. The first kappa shape index (κ1) is 19.3. The van der Waals surface area contributed by atoms with Crippen molar-refractivity contribution in [3.63, 3.8) is 0 Å². The molecule has 0 atom stereocenters. The van der Waals surface area contributed by atoms with Crippen LogP contribution < -0.4 is 4.74 Å². The molecule has 0 saturated carbocycles. The van der Waals surface area contributed by atoms with Gasteiger partial charge >= 0.3 is 5.97 Å². The van der Waals surface area contributed by atoms with Crippen LogP contribution in [0.25, 0.3) is 0 Å². The summed E-state index contributed by atoms with van der Waals surface area (Å²) >= 11 is 0. The van der Waals surface area contributed by atoms with E-state index in [1.807, 2.05) is 6.92 Å². The highest BCUT2D eigenvalue weighted by atomic mass is 16.5. The summed E-state index contributed by atoms with van der Waals surface area (Å²) in [6.45, 7) is 4.25. The van der Waals surface area contributed by atoms with Gasteiger partial charge in [-0.25, -0.2) is 4.79 Å². The van der Waals surface area contributed by atoms with E-state index >= 15 is 0 Å². The minimum Gasteiger partial charge on any atom is -0.497 e. The van der Waals surface area contributed by atoms with Gasteiger partial charge in [-0.2, -0.15) is 0 Å². The number of methoxy groups -OCH3 is 1. The van der Waals surface area contributed by atoms with E-state index in [0.29, 0.717) is 5.56 Å². The van der Waals surface area contributed by atoms with Gasteiger partial charge in [-0.1, -0.05) is 45.4 Å². The Labute approximate surface area is 140 Å². The topological polar surface area (TPSA) is 35.5 Å². The Morgan fingerprint density at radius 1 is 1.00 bits per heavy atom. The van der Waals surface area contributed by atoms with Gasteiger partial charge in [-0.3, -0.25) is 0 Å². The minimum atomic E-state index is -0.327. The Kier molecular flexibility index (Phi) is 9.85. The van der Waals surface area contributed by atoms with Crippen LogP contribution in [0.4, 0.5) is 0 Å². The smallest absolute Gasteiger partial charge is 0.342 e. The largest absolute Gasteiger partial charge is 0.497 e. The molecule has 0 saturated heterocycles. The van der Waals surface area contributed by atoms with E-state index in [1.165, 1.54) is 38.5 Å². The molecule has 0 radical (unpaired) electrons. The fourth-order valence-electron chi connectivity index (χ4n) is 2.37. The SMILES string of the molecule is CCCCCCCCCC(C)=COC(=O)c1ccc(OC)cc1. The lowest BCUT2D eigenvalue weighted by Gasteiger charge is -2.04. The molecule has 1 aromatic carbocycles. The van der Waals surface area contributed by atoms with Crippen molar-refractivity contribution in [3.05, 3.63) is 41.7 Å². The van der Waals surface area contributed by atoms with E-state index in [-0.39, 0.29) is 5.97 Å². The van der Waals surface area contributed by atoms with Crippen LogP contribution in [0.15, 0.2) is 36.1 Å². The summed E-state index contributed by atoms with van der Waals surface area (Å²) < 4.78 is 10.3. The average Bonchev–Trinajstić information content (AvgIpc) is 2.59. The van der Waals surface area contributed by atoms with E-state index in [4.69, 9.17) is 9.47 Å². The molecule has 23 heavy (non-hydrogen) atoms. The van der Waals surface area contributed by atoms with Gasteiger partial charge in [0.2, 0.25) is 0 Å². The highest BCUT2D eigenvalue weighted by Gasteiger charge is 2.06. The monoisotopic (exact) mass is 318 g/mol. The number of allylic oxidation sites excluding steroid dienone is 1. The number of unbranched alkanes of at least 4 members (excludes halogenated alkanes) is 6. The zero-order chi connectivity index (χ0) is 16.9. The number of benzene rings is 1. The molecule has 0 aromatic heterocycles. The summed E-state index contributed by atoms with van der Waals surface area (Å²) in [6.07, 6.45) is 11.6. The molecule has 1 aromatic rings. The second-order valence-electron chi connectivity index (χ2n) is 5.97. The number of carbonyl (C=O) groups excluding carboxylic acids is 1. The normalized spacial score (nSPS) is 11.3. The first-order chi connectivity index (χ1) is 11.2. The number of carbonyl (C=O) groups is 1. The first-order valence-electron chi connectivity index (χ1n) is 8.68. The van der Waals surface area contributed by atoms with Gasteiger partial charge in [0.05, 0.1) is 18.9 Å². The van der Waals surface area contributed by atoms with Crippen molar-refractivity contribution in [1.82, 2.24) is 0 Å².